The second-order valence-corrected chi connectivity index (χ2v) is 9.48. The van der Waals surface area contributed by atoms with E-state index in [1.54, 1.807) is 6.07 Å². The molecule has 7 nitrogen and oxygen atoms in total. The molecule has 0 unspecified atom stereocenters. The van der Waals surface area contributed by atoms with Crippen molar-refractivity contribution in [2.45, 2.75) is 37.4 Å². The van der Waals surface area contributed by atoms with Gasteiger partial charge in [-0.1, -0.05) is 48.9 Å². The van der Waals surface area contributed by atoms with E-state index >= 15 is 0 Å². The van der Waals surface area contributed by atoms with Crippen molar-refractivity contribution in [2.24, 2.45) is 5.92 Å². The standard InChI is InChI=1S/C26H26ClNO6/c1-14-11-17(29)16-13-25(31,15-7-5-4-6-8-15)9-10-28-23(16)26(14)24(30)20-18(32-2)12-19(33-3)21(27)22(20)34-26/h4-8,12,14,28,31H,9-11,13H2,1-3H3/t14-,25-,26+/m1/s1. The number of Topliss-reactive ketones (excluding diaryl/α,β-unsaturated/α-hetero) is 2. The normalized spacial score (nSPS) is 28.1. The van der Waals surface area contributed by atoms with Gasteiger partial charge >= 0.3 is 0 Å². The third kappa shape index (κ3) is 3.07. The Morgan fingerprint density at radius 2 is 1.85 bits per heavy atom. The summed E-state index contributed by atoms with van der Waals surface area (Å²) in [7, 11) is 2.93. The number of benzene rings is 2. The molecule has 0 amide bonds. The first-order valence-corrected chi connectivity index (χ1v) is 11.6. The van der Waals surface area contributed by atoms with Gasteiger partial charge < -0.3 is 24.6 Å². The summed E-state index contributed by atoms with van der Waals surface area (Å²) >= 11 is 6.56. The van der Waals surface area contributed by atoms with Crippen molar-refractivity contribution in [1.82, 2.24) is 5.32 Å². The number of methoxy groups -OCH3 is 2. The maximum absolute atomic E-state index is 14.1. The van der Waals surface area contributed by atoms with Gasteiger partial charge in [-0.05, 0) is 12.0 Å². The van der Waals surface area contributed by atoms with Gasteiger partial charge in [-0.2, -0.15) is 0 Å². The molecule has 178 valence electrons. The van der Waals surface area contributed by atoms with Crippen molar-refractivity contribution in [2.75, 3.05) is 20.8 Å². The molecule has 0 radical (unpaired) electrons. The Morgan fingerprint density at radius 1 is 1.15 bits per heavy atom. The fraction of sp³-hybridized carbons (Fsp3) is 0.385. The van der Waals surface area contributed by atoms with Gasteiger partial charge in [-0.3, -0.25) is 9.59 Å². The maximum Gasteiger partial charge on any atom is 0.220 e. The van der Waals surface area contributed by atoms with Crippen LogP contribution in [0.2, 0.25) is 5.02 Å². The van der Waals surface area contributed by atoms with Crippen LogP contribution in [0, 0.1) is 5.92 Å². The molecule has 2 aliphatic heterocycles. The Kier molecular flexibility index (Phi) is 5.37. The smallest absolute Gasteiger partial charge is 0.220 e. The fourth-order valence-electron chi connectivity index (χ4n) is 5.44. The Bertz CT molecular complexity index is 1230. The zero-order valence-electron chi connectivity index (χ0n) is 19.2. The van der Waals surface area contributed by atoms with Gasteiger partial charge in [0.2, 0.25) is 11.4 Å². The van der Waals surface area contributed by atoms with E-state index in [0.717, 1.165) is 5.56 Å². The lowest BCUT2D eigenvalue weighted by Gasteiger charge is -2.40. The highest BCUT2D eigenvalue weighted by molar-refractivity contribution is 6.35. The molecular weight excluding hydrogens is 458 g/mol. The zero-order valence-corrected chi connectivity index (χ0v) is 20.0. The van der Waals surface area contributed by atoms with Crippen LogP contribution in [0.15, 0.2) is 47.7 Å². The van der Waals surface area contributed by atoms with E-state index in [2.05, 4.69) is 5.32 Å². The third-order valence-corrected chi connectivity index (χ3v) is 7.59. The molecule has 5 rings (SSSR count). The van der Waals surface area contributed by atoms with E-state index in [4.69, 9.17) is 25.8 Å². The zero-order chi connectivity index (χ0) is 24.3. The number of rotatable bonds is 3. The van der Waals surface area contributed by atoms with Crippen molar-refractivity contribution in [3.05, 3.63) is 63.8 Å². The van der Waals surface area contributed by atoms with Gasteiger partial charge in [0.1, 0.15) is 22.1 Å². The third-order valence-electron chi connectivity index (χ3n) is 7.23. The van der Waals surface area contributed by atoms with E-state index in [0.29, 0.717) is 35.7 Å². The first kappa shape index (κ1) is 22.7. The molecule has 0 saturated heterocycles. The van der Waals surface area contributed by atoms with Gasteiger partial charge in [-0.15, -0.1) is 0 Å². The quantitative estimate of drug-likeness (QED) is 0.685. The molecule has 2 aromatic rings. The lowest BCUT2D eigenvalue weighted by atomic mass is 9.70. The largest absolute Gasteiger partial charge is 0.496 e. The fourth-order valence-corrected chi connectivity index (χ4v) is 5.71. The van der Waals surface area contributed by atoms with Crippen LogP contribution in [0.3, 0.4) is 0 Å². The second kappa shape index (κ2) is 8.03. The van der Waals surface area contributed by atoms with Crippen LogP contribution in [0.25, 0.3) is 0 Å². The Balaban J connectivity index is 1.68. The minimum atomic E-state index is -1.48. The first-order valence-electron chi connectivity index (χ1n) is 11.2. The van der Waals surface area contributed by atoms with E-state index in [1.807, 2.05) is 37.3 Å². The summed E-state index contributed by atoms with van der Waals surface area (Å²) in [4.78, 5) is 27.3. The number of hydrogen-bond acceptors (Lipinski definition) is 7. The van der Waals surface area contributed by atoms with Crippen molar-refractivity contribution >= 4 is 23.2 Å². The molecule has 2 heterocycles. The predicted molar refractivity (Wildman–Crippen MR) is 126 cm³/mol. The Labute approximate surface area is 202 Å². The topological polar surface area (TPSA) is 94.1 Å². The molecule has 0 saturated carbocycles. The molecule has 1 spiro atoms. The Hall–Kier alpha value is -3.03. The number of nitrogens with one attached hydrogen (secondary N) is 1. The summed E-state index contributed by atoms with van der Waals surface area (Å²) in [5.41, 5.74) is -0.994. The van der Waals surface area contributed by atoms with Gasteiger partial charge in [0.25, 0.3) is 0 Å². The van der Waals surface area contributed by atoms with Crippen LogP contribution in [-0.4, -0.2) is 43.0 Å². The molecule has 2 aromatic carbocycles. The van der Waals surface area contributed by atoms with Crippen LogP contribution in [0.1, 0.15) is 42.1 Å². The number of ketones is 2. The van der Waals surface area contributed by atoms with Crippen LogP contribution in [-0.2, 0) is 10.4 Å². The van der Waals surface area contributed by atoms with E-state index in [9.17, 15) is 14.7 Å². The lowest BCUT2D eigenvalue weighted by Crippen LogP contribution is -2.55. The first-order chi connectivity index (χ1) is 16.3. The number of fused-ring (bicyclic) bond motifs is 2. The van der Waals surface area contributed by atoms with Crippen molar-refractivity contribution in [1.29, 1.82) is 0 Å². The summed E-state index contributed by atoms with van der Waals surface area (Å²) in [5, 5.41) is 15.1. The molecule has 3 atom stereocenters. The molecular formula is C26H26ClNO6. The number of carbonyl (C=O) groups is 2. The second-order valence-electron chi connectivity index (χ2n) is 9.10. The highest BCUT2D eigenvalue weighted by Crippen LogP contribution is 2.55. The highest BCUT2D eigenvalue weighted by Gasteiger charge is 2.61. The summed E-state index contributed by atoms with van der Waals surface area (Å²) in [6, 6.07) is 10.8. The van der Waals surface area contributed by atoms with Crippen molar-refractivity contribution in [3.8, 4) is 17.2 Å². The summed E-state index contributed by atoms with van der Waals surface area (Å²) < 4.78 is 17.3. The highest BCUT2D eigenvalue weighted by atomic mass is 35.5. The maximum atomic E-state index is 14.1. The number of carbonyl (C=O) groups excluding carboxylic acids is 2. The SMILES string of the molecule is COc1cc(OC)c2c(c1Cl)O[C@]1(C2=O)C2=C(C[C@@](O)(c3ccccc3)CCN2)C(=O)C[C@H]1C. The van der Waals surface area contributed by atoms with Crippen LogP contribution in [0.4, 0.5) is 0 Å². The van der Waals surface area contributed by atoms with E-state index in [1.165, 1.54) is 14.2 Å². The number of hydrogen-bond donors (Lipinski definition) is 2. The summed E-state index contributed by atoms with van der Waals surface area (Å²) in [6.07, 6.45) is 0.538. The molecule has 0 fully saturated rings. The molecule has 0 aromatic heterocycles. The number of aliphatic hydroxyl groups is 1. The average molecular weight is 484 g/mol. The molecule has 8 heteroatoms. The van der Waals surface area contributed by atoms with Crippen LogP contribution < -0.4 is 19.5 Å². The van der Waals surface area contributed by atoms with Crippen LogP contribution in [0.5, 0.6) is 17.2 Å². The monoisotopic (exact) mass is 483 g/mol. The predicted octanol–water partition coefficient (Wildman–Crippen LogP) is 3.81. The van der Waals surface area contributed by atoms with Gasteiger partial charge in [0.05, 0.1) is 25.5 Å². The van der Waals surface area contributed by atoms with Crippen molar-refractivity contribution in [3.63, 3.8) is 0 Å². The molecule has 0 bridgehead atoms. The minimum absolute atomic E-state index is 0.0772. The molecule has 1 aliphatic carbocycles. The summed E-state index contributed by atoms with van der Waals surface area (Å²) in [5.74, 6) is -0.114. The Morgan fingerprint density at radius 3 is 2.53 bits per heavy atom. The summed E-state index contributed by atoms with van der Waals surface area (Å²) in [6.45, 7) is 2.17. The van der Waals surface area contributed by atoms with Crippen LogP contribution >= 0.6 is 11.6 Å². The van der Waals surface area contributed by atoms with Crippen molar-refractivity contribution < 1.29 is 28.9 Å². The van der Waals surface area contributed by atoms with Gasteiger partial charge in [-0.25, -0.2) is 0 Å². The van der Waals surface area contributed by atoms with E-state index in [-0.39, 0.29) is 40.7 Å². The van der Waals surface area contributed by atoms with Gasteiger partial charge in [0, 0.05) is 36.9 Å². The van der Waals surface area contributed by atoms with Gasteiger partial charge in [0.15, 0.2) is 11.5 Å². The van der Waals surface area contributed by atoms with E-state index < -0.39 is 17.1 Å². The lowest BCUT2D eigenvalue weighted by molar-refractivity contribution is -0.119. The molecule has 3 aliphatic rings. The molecule has 34 heavy (non-hydrogen) atoms. The number of ether oxygens (including phenoxy) is 3. The number of halogens is 1. The molecule has 2 N–H and O–H groups in total. The minimum Gasteiger partial charge on any atom is -0.496 e. The average Bonchev–Trinajstić information content (AvgIpc) is 3.02.